The normalized spacial score (nSPS) is 10.8. The van der Waals surface area contributed by atoms with Crippen LogP contribution in [0.5, 0.6) is 0 Å². The lowest BCUT2D eigenvalue weighted by atomic mass is 10.1. The number of carboxylic acids is 1. The SMILES string of the molecule is CCc1cccc(C=Cc2ccc(C(=O)O)cc2)n1. The van der Waals surface area contributed by atoms with Gasteiger partial charge in [-0.15, -0.1) is 0 Å². The summed E-state index contributed by atoms with van der Waals surface area (Å²) in [5.74, 6) is -0.909. The van der Waals surface area contributed by atoms with E-state index < -0.39 is 5.97 Å². The number of aromatic nitrogens is 1. The third-order valence-electron chi connectivity index (χ3n) is 2.79. The predicted octanol–water partition coefficient (Wildman–Crippen LogP) is 3.51. The van der Waals surface area contributed by atoms with Crippen molar-refractivity contribution in [3.05, 3.63) is 65.0 Å². The Kier molecular flexibility index (Phi) is 4.08. The minimum absolute atomic E-state index is 0.295. The quantitative estimate of drug-likeness (QED) is 0.907. The monoisotopic (exact) mass is 253 g/mol. The summed E-state index contributed by atoms with van der Waals surface area (Å²) in [5, 5.41) is 8.81. The first-order valence-electron chi connectivity index (χ1n) is 6.16. The van der Waals surface area contributed by atoms with E-state index in [1.54, 1.807) is 24.3 Å². The van der Waals surface area contributed by atoms with Crippen LogP contribution in [0, 0.1) is 0 Å². The molecule has 96 valence electrons. The second-order valence-corrected chi connectivity index (χ2v) is 4.17. The Morgan fingerprint density at radius 2 is 1.89 bits per heavy atom. The van der Waals surface area contributed by atoms with Crippen molar-refractivity contribution in [2.75, 3.05) is 0 Å². The molecule has 0 atom stereocenters. The summed E-state index contributed by atoms with van der Waals surface area (Å²) < 4.78 is 0. The van der Waals surface area contributed by atoms with Gasteiger partial charge in [-0.2, -0.15) is 0 Å². The second kappa shape index (κ2) is 5.96. The van der Waals surface area contributed by atoms with E-state index in [0.29, 0.717) is 5.56 Å². The van der Waals surface area contributed by atoms with Crippen molar-refractivity contribution in [3.8, 4) is 0 Å². The average Bonchev–Trinajstić information content (AvgIpc) is 2.46. The van der Waals surface area contributed by atoms with Crippen molar-refractivity contribution < 1.29 is 9.90 Å². The van der Waals surface area contributed by atoms with E-state index >= 15 is 0 Å². The molecule has 0 saturated heterocycles. The number of carboxylic acid groups (broad SMARTS) is 1. The van der Waals surface area contributed by atoms with Crippen LogP contribution in [0.25, 0.3) is 12.2 Å². The molecule has 1 aromatic carbocycles. The molecule has 0 unspecified atom stereocenters. The third kappa shape index (κ3) is 3.52. The topological polar surface area (TPSA) is 50.2 Å². The van der Waals surface area contributed by atoms with E-state index in [4.69, 9.17) is 5.11 Å². The lowest BCUT2D eigenvalue weighted by molar-refractivity contribution is 0.0697. The molecule has 2 aromatic rings. The molecule has 0 spiro atoms. The van der Waals surface area contributed by atoms with E-state index in [1.165, 1.54) is 0 Å². The summed E-state index contributed by atoms with van der Waals surface area (Å²) in [6, 6.07) is 12.7. The first kappa shape index (κ1) is 13.0. The van der Waals surface area contributed by atoms with Crippen LogP contribution in [0.2, 0.25) is 0 Å². The van der Waals surface area contributed by atoms with Gasteiger partial charge < -0.3 is 5.11 Å². The maximum atomic E-state index is 10.7. The van der Waals surface area contributed by atoms with Crippen molar-refractivity contribution in [3.63, 3.8) is 0 Å². The number of hydrogen-bond donors (Lipinski definition) is 1. The van der Waals surface area contributed by atoms with Gasteiger partial charge in [0.2, 0.25) is 0 Å². The molecule has 0 amide bonds. The Balaban J connectivity index is 2.15. The van der Waals surface area contributed by atoms with Gasteiger partial charge in [-0.1, -0.05) is 31.2 Å². The highest BCUT2D eigenvalue weighted by molar-refractivity contribution is 5.88. The van der Waals surface area contributed by atoms with Gasteiger partial charge in [0.15, 0.2) is 0 Å². The van der Waals surface area contributed by atoms with Crippen molar-refractivity contribution >= 4 is 18.1 Å². The Morgan fingerprint density at radius 1 is 1.16 bits per heavy atom. The minimum atomic E-state index is -0.909. The molecule has 1 aromatic heterocycles. The van der Waals surface area contributed by atoms with Crippen LogP contribution in [0.4, 0.5) is 0 Å². The molecular weight excluding hydrogens is 238 g/mol. The summed E-state index contributed by atoms with van der Waals surface area (Å²) >= 11 is 0. The fourth-order valence-electron chi connectivity index (χ4n) is 1.71. The number of carbonyl (C=O) groups is 1. The Hall–Kier alpha value is -2.42. The molecule has 0 radical (unpaired) electrons. The van der Waals surface area contributed by atoms with Crippen LogP contribution < -0.4 is 0 Å². The van der Waals surface area contributed by atoms with Crippen molar-refractivity contribution in [1.29, 1.82) is 0 Å². The zero-order chi connectivity index (χ0) is 13.7. The number of benzene rings is 1. The van der Waals surface area contributed by atoms with Crippen molar-refractivity contribution in [2.24, 2.45) is 0 Å². The van der Waals surface area contributed by atoms with Gasteiger partial charge in [0, 0.05) is 5.69 Å². The van der Waals surface area contributed by atoms with Gasteiger partial charge in [0.05, 0.1) is 11.3 Å². The van der Waals surface area contributed by atoms with Crippen LogP contribution in [0.3, 0.4) is 0 Å². The molecule has 1 N–H and O–H groups in total. The van der Waals surface area contributed by atoms with E-state index in [9.17, 15) is 4.79 Å². The van der Waals surface area contributed by atoms with E-state index in [0.717, 1.165) is 23.4 Å². The number of aryl methyl sites for hydroxylation is 1. The minimum Gasteiger partial charge on any atom is -0.478 e. The number of hydrogen-bond acceptors (Lipinski definition) is 2. The number of pyridine rings is 1. The van der Waals surface area contributed by atoms with Crippen LogP contribution in [-0.4, -0.2) is 16.1 Å². The summed E-state index contributed by atoms with van der Waals surface area (Å²) in [6.07, 6.45) is 4.76. The fraction of sp³-hybridized carbons (Fsp3) is 0.125. The van der Waals surface area contributed by atoms with Gasteiger partial charge in [0.25, 0.3) is 0 Å². The summed E-state index contributed by atoms with van der Waals surface area (Å²) in [6.45, 7) is 2.07. The molecule has 3 heteroatoms. The van der Waals surface area contributed by atoms with Crippen LogP contribution in [-0.2, 0) is 6.42 Å². The second-order valence-electron chi connectivity index (χ2n) is 4.17. The Bertz CT molecular complexity index is 600. The molecular formula is C16H15NO2. The number of aromatic carboxylic acids is 1. The first-order chi connectivity index (χ1) is 9.19. The van der Waals surface area contributed by atoms with Gasteiger partial charge in [0.1, 0.15) is 0 Å². The molecule has 2 rings (SSSR count). The molecule has 19 heavy (non-hydrogen) atoms. The lowest BCUT2D eigenvalue weighted by Gasteiger charge is -1.98. The smallest absolute Gasteiger partial charge is 0.335 e. The molecule has 0 fully saturated rings. The number of rotatable bonds is 4. The van der Waals surface area contributed by atoms with Crippen molar-refractivity contribution in [2.45, 2.75) is 13.3 Å². The maximum absolute atomic E-state index is 10.7. The fourth-order valence-corrected chi connectivity index (χ4v) is 1.71. The molecule has 3 nitrogen and oxygen atoms in total. The average molecular weight is 253 g/mol. The molecule has 1 heterocycles. The molecule has 0 aliphatic rings. The molecule has 0 bridgehead atoms. The summed E-state index contributed by atoms with van der Waals surface area (Å²) in [7, 11) is 0. The zero-order valence-electron chi connectivity index (χ0n) is 10.7. The van der Waals surface area contributed by atoms with Crippen LogP contribution in [0.1, 0.15) is 34.2 Å². The van der Waals surface area contributed by atoms with E-state index in [2.05, 4.69) is 11.9 Å². The van der Waals surface area contributed by atoms with Crippen molar-refractivity contribution in [1.82, 2.24) is 4.98 Å². The maximum Gasteiger partial charge on any atom is 0.335 e. The predicted molar refractivity (Wildman–Crippen MR) is 75.9 cm³/mol. The Morgan fingerprint density at radius 3 is 2.53 bits per heavy atom. The van der Waals surface area contributed by atoms with Gasteiger partial charge in [-0.3, -0.25) is 4.98 Å². The standard InChI is InChI=1S/C16H15NO2/c1-2-14-4-3-5-15(17-14)11-8-12-6-9-13(10-7-12)16(18)19/h3-11H,2H2,1H3,(H,18,19). The van der Waals surface area contributed by atoms with Gasteiger partial charge in [-0.25, -0.2) is 4.79 Å². The highest BCUT2D eigenvalue weighted by Gasteiger charge is 2.00. The van der Waals surface area contributed by atoms with Crippen LogP contribution >= 0.6 is 0 Å². The molecule has 0 aliphatic carbocycles. The number of nitrogens with zero attached hydrogens (tertiary/aromatic N) is 1. The van der Waals surface area contributed by atoms with Gasteiger partial charge in [-0.05, 0) is 42.3 Å². The van der Waals surface area contributed by atoms with E-state index in [1.807, 2.05) is 30.4 Å². The highest BCUT2D eigenvalue weighted by atomic mass is 16.4. The van der Waals surface area contributed by atoms with Crippen LogP contribution in [0.15, 0.2) is 42.5 Å². The first-order valence-corrected chi connectivity index (χ1v) is 6.16. The molecule has 0 aliphatic heterocycles. The lowest BCUT2D eigenvalue weighted by Crippen LogP contribution is -1.94. The van der Waals surface area contributed by atoms with Gasteiger partial charge >= 0.3 is 5.97 Å². The highest BCUT2D eigenvalue weighted by Crippen LogP contribution is 2.09. The summed E-state index contributed by atoms with van der Waals surface area (Å²) in [4.78, 5) is 15.2. The largest absolute Gasteiger partial charge is 0.478 e. The molecule has 0 saturated carbocycles. The third-order valence-corrected chi connectivity index (χ3v) is 2.79. The Labute approximate surface area is 112 Å². The zero-order valence-corrected chi connectivity index (χ0v) is 10.7. The van der Waals surface area contributed by atoms with E-state index in [-0.39, 0.29) is 0 Å². The summed E-state index contributed by atoms with van der Waals surface area (Å²) in [5.41, 5.74) is 3.21.